The predicted octanol–water partition coefficient (Wildman–Crippen LogP) is 2.57. The number of rotatable bonds is 4. The highest BCUT2D eigenvalue weighted by atomic mass is 16.3. The zero-order chi connectivity index (χ0) is 17.8. The van der Waals surface area contributed by atoms with Crippen molar-refractivity contribution in [3.05, 3.63) is 70.7 Å². The molecule has 0 bridgehead atoms. The van der Waals surface area contributed by atoms with Crippen LogP contribution in [0.4, 0.5) is 5.69 Å². The summed E-state index contributed by atoms with van der Waals surface area (Å²) in [7, 11) is 0. The number of carbonyl (C=O) groups excluding carboxylic acids is 1. The standard InChI is InChI=1S/C18H14N4O3/c1-12(18(24)20-14-6-4-13(11-19)5-7-14)22-17(23)9-8-15(21-22)16-3-2-10-25-16/h2-10,12H,1H3,(H,20,24). The Bertz CT molecular complexity index is 982. The van der Waals surface area contributed by atoms with Gasteiger partial charge in [0.2, 0.25) is 5.91 Å². The average molecular weight is 334 g/mol. The van der Waals surface area contributed by atoms with Crippen LogP contribution < -0.4 is 10.9 Å². The van der Waals surface area contributed by atoms with Gasteiger partial charge in [0.15, 0.2) is 5.76 Å². The minimum absolute atomic E-state index is 0.391. The first-order chi connectivity index (χ1) is 12.1. The highest BCUT2D eigenvalue weighted by Crippen LogP contribution is 2.17. The van der Waals surface area contributed by atoms with E-state index < -0.39 is 17.5 Å². The smallest absolute Gasteiger partial charge is 0.267 e. The van der Waals surface area contributed by atoms with Crippen LogP contribution in [-0.4, -0.2) is 15.7 Å². The normalized spacial score (nSPS) is 11.5. The molecule has 1 atom stereocenters. The third-order valence-electron chi connectivity index (χ3n) is 3.63. The summed E-state index contributed by atoms with van der Waals surface area (Å²) in [5.41, 5.74) is 1.10. The summed E-state index contributed by atoms with van der Waals surface area (Å²) in [6.45, 7) is 1.58. The number of nitriles is 1. The topological polar surface area (TPSA) is 101 Å². The highest BCUT2D eigenvalue weighted by molar-refractivity contribution is 5.93. The molecule has 0 aliphatic rings. The second-order valence-electron chi connectivity index (χ2n) is 5.33. The van der Waals surface area contributed by atoms with E-state index >= 15 is 0 Å². The second-order valence-corrected chi connectivity index (χ2v) is 5.33. The molecule has 1 N–H and O–H groups in total. The van der Waals surface area contributed by atoms with Crippen LogP contribution in [0.15, 0.2) is 64.0 Å². The third kappa shape index (κ3) is 3.48. The monoisotopic (exact) mass is 334 g/mol. The van der Waals surface area contributed by atoms with Crippen molar-refractivity contribution in [3.63, 3.8) is 0 Å². The maximum Gasteiger partial charge on any atom is 0.267 e. The number of nitrogens with zero attached hydrogens (tertiary/aromatic N) is 3. The summed E-state index contributed by atoms with van der Waals surface area (Å²) in [4.78, 5) is 24.5. The summed E-state index contributed by atoms with van der Waals surface area (Å²) < 4.78 is 6.38. The van der Waals surface area contributed by atoms with Gasteiger partial charge in [-0.25, -0.2) is 4.68 Å². The molecule has 0 saturated heterocycles. The molecule has 3 rings (SSSR count). The number of benzene rings is 1. The van der Waals surface area contributed by atoms with Crippen molar-refractivity contribution in [1.82, 2.24) is 9.78 Å². The molecular weight excluding hydrogens is 320 g/mol. The summed E-state index contributed by atoms with van der Waals surface area (Å²) in [5.74, 6) is 0.115. The molecule has 7 heteroatoms. The maximum absolute atomic E-state index is 12.4. The van der Waals surface area contributed by atoms with Crippen LogP contribution >= 0.6 is 0 Å². The zero-order valence-electron chi connectivity index (χ0n) is 13.3. The van der Waals surface area contributed by atoms with Gasteiger partial charge < -0.3 is 9.73 Å². The Kier molecular flexibility index (Phi) is 4.44. The Morgan fingerprint density at radius 3 is 2.64 bits per heavy atom. The van der Waals surface area contributed by atoms with Gasteiger partial charge in [0, 0.05) is 11.8 Å². The van der Waals surface area contributed by atoms with Crippen molar-refractivity contribution in [2.75, 3.05) is 5.32 Å². The molecule has 2 aromatic heterocycles. The number of hydrogen-bond acceptors (Lipinski definition) is 5. The Hall–Kier alpha value is -3.66. The number of anilines is 1. The fraction of sp³-hybridized carbons (Fsp3) is 0.111. The largest absolute Gasteiger partial charge is 0.463 e. The minimum Gasteiger partial charge on any atom is -0.463 e. The Morgan fingerprint density at radius 2 is 2.00 bits per heavy atom. The van der Waals surface area contributed by atoms with E-state index in [1.807, 2.05) is 6.07 Å². The molecule has 0 spiro atoms. The second kappa shape index (κ2) is 6.84. The predicted molar refractivity (Wildman–Crippen MR) is 90.7 cm³/mol. The van der Waals surface area contributed by atoms with Gasteiger partial charge in [0.25, 0.3) is 5.56 Å². The van der Waals surface area contributed by atoms with Crippen molar-refractivity contribution >= 4 is 11.6 Å². The molecular formula is C18H14N4O3. The Labute approximate surface area is 143 Å². The van der Waals surface area contributed by atoms with E-state index in [0.717, 1.165) is 4.68 Å². The van der Waals surface area contributed by atoms with Crippen molar-refractivity contribution < 1.29 is 9.21 Å². The van der Waals surface area contributed by atoms with Crippen molar-refractivity contribution in [2.45, 2.75) is 13.0 Å². The van der Waals surface area contributed by atoms with E-state index in [-0.39, 0.29) is 0 Å². The fourth-order valence-corrected chi connectivity index (χ4v) is 2.24. The third-order valence-corrected chi connectivity index (χ3v) is 3.63. The summed E-state index contributed by atoms with van der Waals surface area (Å²) in [6, 6.07) is 14.0. The molecule has 1 unspecified atom stereocenters. The van der Waals surface area contributed by atoms with Gasteiger partial charge in [-0.2, -0.15) is 10.4 Å². The number of aromatic nitrogens is 2. The number of nitrogens with one attached hydrogen (secondary N) is 1. The van der Waals surface area contributed by atoms with Gasteiger partial charge in [0.1, 0.15) is 11.7 Å². The summed E-state index contributed by atoms with van der Waals surface area (Å²) >= 11 is 0. The molecule has 124 valence electrons. The van der Waals surface area contributed by atoms with E-state index in [1.165, 1.54) is 12.3 Å². The van der Waals surface area contributed by atoms with E-state index in [0.29, 0.717) is 22.7 Å². The molecule has 0 fully saturated rings. The van der Waals surface area contributed by atoms with Crippen LogP contribution in [0.25, 0.3) is 11.5 Å². The lowest BCUT2D eigenvalue weighted by Gasteiger charge is -2.14. The Balaban J connectivity index is 1.83. The lowest BCUT2D eigenvalue weighted by Crippen LogP contribution is -2.33. The number of hydrogen-bond donors (Lipinski definition) is 1. The quantitative estimate of drug-likeness (QED) is 0.790. The highest BCUT2D eigenvalue weighted by Gasteiger charge is 2.18. The van der Waals surface area contributed by atoms with Crippen molar-refractivity contribution in [3.8, 4) is 17.5 Å². The van der Waals surface area contributed by atoms with Crippen LogP contribution in [-0.2, 0) is 4.79 Å². The van der Waals surface area contributed by atoms with Gasteiger partial charge in [0.05, 0.1) is 17.9 Å². The van der Waals surface area contributed by atoms with Crippen LogP contribution in [0.2, 0.25) is 0 Å². The van der Waals surface area contributed by atoms with Gasteiger partial charge in [-0.3, -0.25) is 9.59 Å². The van der Waals surface area contributed by atoms with Crippen molar-refractivity contribution in [2.24, 2.45) is 0 Å². The van der Waals surface area contributed by atoms with E-state index in [4.69, 9.17) is 9.68 Å². The molecule has 3 aromatic rings. The number of furan rings is 1. The van der Waals surface area contributed by atoms with Gasteiger partial charge in [-0.05, 0) is 49.4 Å². The van der Waals surface area contributed by atoms with Gasteiger partial charge in [-0.1, -0.05) is 0 Å². The molecule has 7 nitrogen and oxygen atoms in total. The first-order valence-electron chi connectivity index (χ1n) is 7.53. The van der Waals surface area contributed by atoms with E-state index in [1.54, 1.807) is 49.4 Å². The molecule has 0 aliphatic carbocycles. The van der Waals surface area contributed by atoms with Crippen molar-refractivity contribution in [1.29, 1.82) is 5.26 Å². The zero-order valence-corrected chi connectivity index (χ0v) is 13.3. The molecule has 0 radical (unpaired) electrons. The molecule has 0 aliphatic heterocycles. The Morgan fingerprint density at radius 1 is 1.24 bits per heavy atom. The molecule has 25 heavy (non-hydrogen) atoms. The molecule has 0 saturated carbocycles. The summed E-state index contributed by atoms with van der Waals surface area (Å²) in [5, 5.41) is 15.7. The molecule has 1 aromatic carbocycles. The van der Waals surface area contributed by atoms with E-state index in [9.17, 15) is 9.59 Å². The van der Waals surface area contributed by atoms with Crippen LogP contribution in [0.5, 0.6) is 0 Å². The lowest BCUT2D eigenvalue weighted by molar-refractivity contribution is -0.119. The maximum atomic E-state index is 12.4. The first kappa shape index (κ1) is 16.2. The first-order valence-corrected chi connectivity index (χ1v) is 7.53. The summed E-state index contributed by atoms with van der Waals surface area (Å²) in [6.07, 6.45) is 1.51. The average Bonchev–Trinajstić information content (AvgIpc) is 3.17. The van der Waals surface area contributed by atoms with E-state index in [2.05, 4.69) is 10.4 Å². The number of amides is 1. The molecule has 1 amide bonds. The van der Waals surface area contributed by atoms with Gasteiger partial charge >= 0.3 is 0 Å². The lowest BCUT2D eigenvalue weighted by atomic mass is 10.2. The van der Waals surface area contributed by atoms with Crippen LogP contribution in [0, 0.1) is 11.3 Å². The number of carbonyl (C=O) groups is 1. The molecule has 2 heterocycles. The van der Waals surface area contributed by atoms with Gasteiger partial charge in [-0.15, -0.1) is 0 Å². The SMILES string of the molecule is CC(C(=O)Nc1ccc(C#N)cc1)n1nc(-c2ccco2)ccc1=O. The fourth-order valence-electron chi connectivity index (χ4n) is 2.24. The van der Waals surface area contributed by atoms with Crippen LogP contribution in [0.3, 0.4) is 0 Å². The van der Waals surface area contributed by atoms with Crippen LogP contribution in [0.1, 0.15) is 18.5 Å². The minimum atomic E-state index is -0.821.